The van der Waals surface area contributed by atoms with Gasteiger partial charge in [0.2, 0.25) is 17.3 Å². The Hall–Kier alpha value is -2.90. The number of hydrogen-bond acceptors (Lipinski definition) is 8. The van der Waals surface area contributed by atoms with Gasteiger partial charge in [-0.05, 0) is 42.9 Å². The fourth-order valence-corrected chi connectivity index (χ4v) is 6.66. The average Bonchev–Trinajstić information content (AvgIpc) is 3.33. The number of alkyl carbamates (subject to hydrolysis) is 1. The lowest BCUT2D eigenvalue weighted by Gasteiger charge is -2.31. The van der Waals surface area contributed by atoms with Gasteiger partial charge >= 0.3 is 22.2 Å². The number of halogens is 1. The number of esters is 1. The first kappa shape index (κ1) is 34.6. The largest absolute Gasteiger partial charge is 0.449 e. The molecule has 43 heavy (non-hydrogen) atoms. The van der Waals surface area contributed by atoms with Gasteiger partial charge in [0.15, 0.2) is 0 Å². The molecule has 0 bridgehead atoms. The van der Waals surface area contributed by atoms with Crippen LogP contribution in [0.4, 0.5) is 4.79 Å². The summed E-state index contributed by atoms with van der Waals surface area (Å²) in [7, 11) is -5.01. The molecular weight excluding hydrogens is 602 g/mol. The molecule has 1 aromatic rings. The van der Waals surface area contributed by atoms with E-state index in [9.17, 15) is 32.1 Å². The van der Waals surface area contributed by atoms with Gasteiger partial charge in [-0.25, -0.2) is 4.79 Å². The van der Waals surface area contributed by atoms with Crippen molar-refractivity contribution in [2.45, 2.75) is 95.1 Å². The summed E-state index contributed by atoms with van der Waals surface area (Å²) in [5, 5.41) is 8.36. The predicted octanol–water partition coefficient (Wildman–Crippen LogP) is 3.47. The molecule has 3 rings (SSSR count). The minimum absolute atomic E-state index is 0.0202. The van der Waals surface area contributed by atoms with Gasteiger partial charge in [-0.3, -0.25) is 18.9 Å². The Labute approximate surface area is 257 Å². The quantitative estimate of drug-likeness (QED) is 0.185. The number of hydrogen-bond donors (Lipinski definition) is 4. The molecule has 1 unspecified atom stereocenters. The molecule has 1 saturated carbocycles. The second kappa shape index (κ2) is 15.2. The Morgan fingerprint density at radius 1 is 1.12 bits per heavy atom. The Morgan fingerprint density at radius 2 is 1.81 bits per heavy atom. The molecule has 1 saturated heterocycles. The smallest absolute Gasteiger partial charge is 0.407 e. The van der Waals surface area contributed by atoms with E-state index in [1.807, 2.05) is 19.9 Å². The standard InChI is InChI=1S/C29H42ClN3O9S/c1-18(34)42-27(43(38,39)40)24(15-20-12-13-31-25(20)35)32-26(36)23(14-19-8-5-4-6-9-19)33-28(37)41-17-29(2,3)21-10-7-11-22(30)16-21/h7,10-11,16,19-20,23-24,27H,4-6,8-9,12-15,17H2,1-3H3,(H,31,35)(H,32,36)(H,33,37)(H,38,39,40)/t20-,23-,24-,27?/m0/s1. The van der Waals surface area contributed by atoms with Crippen molar-refractivity contribution in [1.82, 2.24) is 16.0 Å². The maximum atomic E-state index is 13.7. The molecule has 1 aromatic carbocycles. The monoisotopic (exact) mass is 643 g/mol. The Balaban J connectivity index is 1.79. The fourth-order valence-electron chi connectivity index (χ4n) is 5.62. The maximum Gasteiger partial charge on any atom is 0.407 e. The van der Waals surface area contributed by atoms with Crippen molar-refractivity contribution < 1.29 is 41.6 Å². The average molecular weight is 644 g/mol. The molecule has 240 valence electrons. The van der Waals surface area contributed by atoms with Gasteiger partial charge in [-0.2, -0.15) is 8.42 Å². The summed E-state index contributed by atoms with van der Waals surface area (Å²) in [6.07, 6.45) is 4.31. The first-order valence-corrected chi connectivity index (χ1v) is 16.4. The fraction of sp³-hybridized carbons (Fsp3) is 0.655. The van der Waals surface area contributed by atoms with E-state index < -0.39 is 56.9 Å². The first-order valence-electron chi connectivity index (χ1n) is 14.6. The van der Waals surface area contributed by atoms with Gasteiger partial charge in [0, 0.05) is 29.8 Å². The zero-order valence-corrected chi connectivity index (χ0v) is 26.3. The summed E-state index contributed by atoms with van der Waals surface area (Å²) in [5.41, 5.74) is -1.89. The molecule has 4 N–H and O–H groups in total. The van der Waals surface area contributed by atoms with Crippen molar-refractivity contribution in [3.05, 3.63) is 34.9 Å². The SMILES string of the molecule is CC(=O)OC([C@H](C[C@@H]1CCNC1=O)NC(=O)[C@H](CC1CCCCC1)NC(=O)OCC(C)(C)c1cccc(Cl)c1)S(=O)(=O)O. The molecule has 4 atom stereocenters. The summed E-state index contributed by atoms with van der Waals surface area (Å²) in [5.74, 6) is -2.66. The predicted molar refractivity (Wildman–Crippen MR) is 159 cm³/mol. The second-order valence-corrected chi connectivity index (χ2v) is 14.0. The van der Waals surface area contributed by atoms with Crippen molar-refractivity contribution in [2.75, 3.05) is 13.2 Å². The van der Waals surface area contributed by atoms with Gasteiger partial charge in [0.25, 0.3) is 0 Å². The highest BCUT2D eigenvalue weighted by atomic mass is 35.5. The van der Waals surface area contributed by atoms with Crippen LogP contribution in [-0.2, 0) is 39.4 Å². The lowest BCUT2D eigenvalue weighted by molar-refractivity contribution is -0.145. The Bertz CT molecular complexity index is 1270. The second-order valence-electron chi connectivity index (χ2n) is 12.0. The summed E-state index contributed by atoms with van der Waals surface area (Å²) in [4.78, 5) is 50.7. The molecule has 1 aliphatic carbocycles. The highest BCUT2D eigenvalue weighted by Crippen LogP contribution is 2.29. The van der Waals surface area contributed by atoms with E-state index >= 15 is 0 Å². The maximum absolute atomic E-state index is 13.7. The van der Waals surface area contributed by atoms with Gasteiger partial charge in [-0.1, -0.05) is 69.7 Å². The molecule has 0 radical (unpaired) electrons. The van der Waals surface area contributed by atoms with Crippen molar-refractivity contribution in [3.8, 4) is 0 Å². The Kier molecular flexibility index (Phi) is 12.2. The molecule has 2 aliphatic rings. The number of carbonyl (C=O) groups excluding carboxylic acids is 4. The number of amides is 3. The van der Waals surface area contributed by atoms with E-state index in [2.05, 4.69) is 16.0 Å². The van der Waals surface area contributed by atoms with Crippen LogP contribution in [0.1, 0.15) is 77.7 Å². The van der Waals surface area contributed by atoms with Crippen LogP contribution in [0.5, 0.6) is 0 Å². The van der Waals surface area contributed by atoms with Crippen LogP contribution in [0.15, 0.2) is 24.3 Å². The van der Waals surface area contributed by atoms with E-state index in [1.165, 1.54) is 0 Å². The molecule has 1 aliphatic heterocycles. The van der Waals surface area contributed by atoms with Gasteiger partial charge in [-0.15, -0.1) is 0 Å². The van der Waals surface area contributed by atoms with E-state index in [-0.39, 0.29) is 31.3 Å². The van der Waals surface area contributed by atoms with Crippen LogP contribution in [0, 0.1) is 11.8 Å². The van der Waals surface area contributed by atoms with E-state index in [1.54, 1.807) is 18.2 Å². The molecule has 2 fully saturated rings. The van der Waals surface area contributed by atoms with Crippen LogP contribution in [-0.4, -0.2) is 67.5 Å². The van der Waals surface area contributed by atoms with Crippen molar-refractivity contribution >= 4 is 45.6 Å². The molecule has 1 heterocycles. The minimum atomic E-state index is -5.01. The molecule has 12 nitrogen and oxygen atoms in total. The van der Waals surface area contributed by atoms with Crippen LogP contribution >= 0.6 is 11.6 Å². The van der Waals surface area contributed by atoms with Gasteiger partial charge < -0.3 is 25.4 Å². The minimum Gasteiger partial charge on any atom is -0.449 e. The number of nitrogens with one attached hydrogen (secondary N) is 3. The Morgan fingerprint density at radius 3 is 2.40 bits per heavy atom. The first-order chi connectivity index (χ1) is 20.2. The van der Waals surface area contributed by atoms with Gasteiger partial charge in [0.05, 0.1) is 6.04 Å². The van der Waals surface area contributed by atoms with Crippen molar-refractivity contribution in [1.29, 1.82) is 0 Å². The molecule has 0 aromatic heterocycles. The third kappa shape index (κ3) is 10.6. The summed E-state index contributed by atoms with van der Waals surface area (Å²) < 4.78 is 44.8. The zero-order valence-electron chi connectivity index (χ0n) is 24.8. The number of benzene rings is 1. The number of carbonyl (C=O) groups is 4. The highest BCUT2D eigenvalue weighted by Gasteiger charge is 2.41. The third-order valence-electron chi connectivity index (χ3n) is 8.01. The summed E-state index contributed by atoms with van der Waals surface area (Å²) >= 11 is 6.12. The van der Waals surface area contributed by atoms with E-state index in [0.717, 1.165) is 44.6 Å². The lowest BCUT2D eigenvalue weighted by Crippen LogP contribution is -2.56. The zero-order chi connectivity index (χ0) is 31.8. The van der Waals surface area contributed by atoms with Crippen molar-refractivity contribution in [2.24, 2.45) is 11.8 Å². The third-order valence-corrected chi connectivity index (χ3v) is 9.25. The van der Waals surface area contributed by atoms with Crippen LogP contribution in [0.2, 0.25) is 5.02 Å². The number of ether oxygens (including phenoxy) is 2. The van der Waals surface area contributed by atoms with Crippen molar-refractivity contribution in [3.63, 3.8) is 0 Å². The van der Waals surface area contributed by atoms with E-state index in [4.69, 9.17) is 21.1 Å². The van der Waals surface area contributed by atoms with Crippen LogP contribution in [0.25, 0.3) is 0 Å². The van der Waals surface area contributed by atoms with Crippen LogP contribution < -0.4 is 16.0 Å². The molecular formula is C29H42ClN3O9S. The number of rotatable bonds is 13. The summed E-state index contributed by atoms with van der Waals surface area (Å²) in [6.45, 7) is 5.07. The normalized spacial score (nSPS) is 19.9. The topological polar surface area (TPSA) is 177 Å². The van der Waals surface area contributed by atoms with Crippen LogP contribution in [0.3, 0.4) is 0 Å². The van der Waals surface area contributed by atoms with E-state index in [0.29, 0.717) is 18.0 Å². The van der Waals surface area contributed by atoms with Gasteiger partial charge in [0.1, 0.15) is 12.6 Å². The molecule has 14 heteroatoms. The highest BCUT2D eigenvalue weighted by molar-refractivity contribution is 7.86. The summed E-state index contributed by atoms with van der Waals surface area (Å²) in [6, 6.07) is 4.60. The molecule has 0 spiro atoms. The lowest BCUT2D eigenvalue weighted by atomic mass is 9.84. The molecule has 3 amide bonds.